The first-order valence-electron chi connectivity index (χ1n) is 6.94. The summed E-state index contributed by atoms with van der Waals surface area (Å²) < 4.78 is 2.17. The lowest BCUT2D eigenvalue weighted by Gasteiger charge is -2.28. The van der Waals surface area contributed by atoms with Crippen molar-refractivity contribution in [3.05, 3.63) is 23.2 Å². The van der Waals surface area contributed by atoms with Crippen molar-refractivity contribution in [1.29, 1.82) is 0 Å². The lowest BCUT2D eigenvalue weighted by molar-refractivity contribution is 0.205. The van der Waals surface area contributed by atoms with Gasteiger partial charge in [-0.1, -0.05) is 11.3 Å². The smallest absolute Gasteiger partial charge is 0.323 e. The largest absolute Gasteiger partial charge is 0.335 e. The summed E-state index contributed by atoms with van der Waals surface area (Å²) in [5.41, 5.74) is 0. The first-order chi connectivity index (χ1) is 10.1. The molecule has 2 aromatic heterocycles. The van der Waals surface area contributed by atoms with Crippen molar-refractivity contribution in [2.45, 2.75) is 26.3 Å². The molecule has 3 rings (SSSR count). The molecule has 0 spiro atoms. The fourth-order valence-electron chi connectivity index (χ4n) is 2.59. The standard InChI is InChI=1S/C13H18N6OS/c1-9-16-17-12(21-9)15-13(20)18(2)7-10-3-4-11-14-5-6-19(11)8-10/h5-6,10H,3-4,7-8H2,1-2H3,(H,15,17,20)/t10-/m0/s1. The molecule has 2 amide bonds. The summed E-state index contributed by atoms with van der Waals surface area (Å²) in [5, 5.41) is 12.0. The lowest BCUT2D eigenvalue weighted by Crippen LogP contribution is -2.37. The Morgan fingerprint density at radius 2 is 2.43 bits per heavy atom. The number of fused-ring (bicyclic) bond motifs is 1. The third-order valence-corrected chi connectivity index (χ3v) is 4.41. The van der Waals surface area contributed by atoms with Crippen molar-refractivity contribution >= 4 is 22.5 Å². The number of imidazole rings is 1. The summed E-state index contributed by atoms with van der Waals surface area (Å²) >= 11 is 1.38. The van der Waals surface area contributed by atoms with Crippen molar-refractivity contribution in [3.8, 4) is 0 Å². The number of carbonyl (C=O) groups is 1. The molecular formula is C13H18N6OS. The summed E-state index contributed by atoms with van der Waals surface area (Å²) in [5.74, 6) is 1.60. The van der Waals surface area contributed by atoms with Gasteiger partial charge in [0, 0.05) is 39.0 Å². The van der Waals surface area contributed by atoms with E-state index in [1.807, 2.05) is 26.4 Å². The van der Waals surface area contributed by atoms with E-state index in [1.165, 1.54) is 11.3 Å². The first-order valence-corrected chi connectivity index (χ1v) is 7.75. The predicted octanol–water partition coefficient (Wildman–Crippen LogP) is 1.77. The van der Waals surface area contributed by atoms with Crippen molar-refractivity contribution in [2.75, 3.05) is 18.9 Å². The first kappa shape index (κ1) is 14.0. The number of anilines is 1. The van der Waals surface area contributed by atoms with Crippen LogP contribution in [0.3, 0.4) is 0 Å². The Kier molecular flexibility index (Phi) is 3.87. The number of amides is 2. The van der Waals surface area contributed by atoms with Gasteiger partial charge in [-0.25, -0.2) is 9.78 Å². The van der Waals surface area contributed by atoms with Gasteiger partial charge in [0.1, 0.15) is 10.8 Å². The predicted molar refractivity (Wildman–Crippen MR) is 80.3 cm³/mol. The molecule has 0 bridgehead atoms. The molecule has 0 saturated carbocycles. The maximum Gasteiger partial charge on any atom is 0.323 e. The van der Waals surface area contributed by atoms with Gasteiger partial charge in [-0.3, -0.25) is 5.32 Å². The molecule has 3 heterocycles. The quantitative estimate of drug-likeness (QED) is 0.937. The molecule has 0 fully saturated rings. The van der Waals surface area contributed by atoms with Gasteiger partial charge in [0.15, 0.2) is 0 Å². The average Bonchev–Trinajstić information content (AvgIpc) is 3.07. The summed E-state index contributed by atoms with van der Waals surface area (Å²) in [6.45, 7) is 3.51. The zero-order chi connectivity index (χ0) is 14.8. The number of aromatic nitrogens is 4. The second-order valence-corrected chi connectivity index (χ2v) is 6.52. The van der Waals surface area contributed by atoms with Gasteiger partial charge in [-0.2, -0.15) is 0 Å². The molecule has 8 heteroatoms. The monoisotopic (exact) mass is 306 g/mol. The second kappa shape index (κ2) is 5.80. The zero-order valence-electron chi connectivity index (χ0n) is 12.1. The van der Waals surface area contributed by atoms with Crippen LogP contribution >= 0.6 is 11.3 Å². The summed E-state index contributed by atoms with van der Waals surface area (Å²) in [7, 11) is 1.81. The van der Waals surface area contributed by atoms with E-state index in [0.717, 1.165) is 36.8 Å². The Balaban J connectivity index is 1.54. The van der Waals surface area contributed by atoms with Crippen molar-refractivity contribution in [2.24, 2.45) is 5.92 Å². The maximum atomic E-state index is 12.1. The highest BCUT2D eigenvalue weighted by atomic mass is 32.1. The van der Waals surface area contributed by atoms with E-state index in [-0.39, 0.29) is 6.03 Å². The Morgan fingerprint density at radius 1 is 1.57 bits per heavy atom. The van der Waals surface area contributed by atoms with Gasteiger partial charge in [0.05, 0.1) is 0 Å². The molecule has 0 unspecified atom stereocenters. The highest BCUT2D eigenvalue weighted by Crippen LogP contribution is 2.20. The minimum Gasteiger partial charge on any atom is -0.335 e. The molecule has 1 N–H and O–H groups in total. The second-order valence-electron chi connectivity index (χ2n) is 5.34. The fourth-order valence-corrected chi connectivity index (χ4v) is 3.17. The number of nitrogens with one attached hydrogen (secondary N) is 1. The van der Waals surface area contributed by atoms with Crippen LogP contribution in [0.5, 0.6) is 0 Å². The molecule has 0 saturated heterocycles. The maximum absolute atomic E-state index is 12.1. The van der Waals surface area contributed by atoms with Crippen LogP contribution in [0.2, 0.25) is 0 Å². The van der Waals surface area contributed by atoms with Crippen LogP contribution in [0.15, 0.2) is 12.4 Å². The molecule has 1 atom stereocenters. The number of urea groups is 1. The van der Waals surface area contributed by atoms with Gasteiger partial charge >= 0.3 is 6.03 Å². The van der Waals surface area contributed by atoms with Crippen molar-refractivity contribution in [3.63, 3.8) is 0 Å². The van der Waals surface area contributed by atoms with E-state index in [9.17, 15) is 4.79 Å². The minimum atomic E-state index is -0.137. The van der Waals surface area contributed by atoms with Gasteiger partial charge in [-0.05, 0) is 19.3 Å². The molecule has 1 aliphatic rings. The molecule has 0 aromatic carbocycles. The molecule has 112 valence electrons. The van der Waals surface area contributed by atoms with Crippen LogP contribution in [-0.4, -0.2) is 44.3 Å². The molecular weight excluding hydrogens is 288 g/mol. The summed E-state index contributed by atoms with van der Waals surface area (Å²) in [6, 6.07) is -0.137. The third-order valence-electron chi connectivity index (χ3n) is 3.65. The van der Waals surface area contributed by atoms with E-state index in [0.29, 0.717) is 11.0 Å². The van der Waals surface area contributed by atoms with Gasteiger partial charge in [-0.15, -0.1) is 10.2 Å². The van der Waals surface area contributed by atoms with E-state index < -0.39 is 0 Å². The van der Waals surface area contributed by atoms with Gasteiger partial charge < -0.3 is 9.47 Å². The highest BCUT2D eigenvalue weighted by Gasteiger charge is 2.22. The number of hydrogen-bond acceptors (Lipinski definition) is 5. The van der Waals surface area contributed by atoms with E-state index in [2.05, 4.69) is 25.1 Å². The van der Waals surface area contributed by atoms with Gasteiger partial charge in [0.2, 0.25) is 5.13 Å². The van der Waals surface area contributed by atoms with E-state index >= 15 is 0 Å². The molecule has 0 radical (unpaired) electrons. The van der Waals surface area contributed by atoms with Crippen LogP contribution in [0, 0.1) is 12.8 Å². The normalized spacial score (nSPS) is 17.3. The zero-order valence-corrected chi connectivity index (χ0v) is 12.9. The van der Waals surface area contributed by atoms with Crippen LogP contribution in [0.4, 0.5) is 9.93 Å². The highest BCUT2D eigenvalue weighted by molar-refractivity contribution is 7.15. The molecule has 1 aliphatic heterocycles. The van der Waals surface area contributed by atoms with E-state index in [4.69, 9.17) is 0 Å². The Bertz CT molecular complexity index is 636. The van der Waals surface area contributed by atoms with Crippen LogP contribution in [0.1, 0.15) is 17.3 Å². The Hall–Kier alpha value is -1.96. The lowest BCUT2D eigenvalue weighted by atomic mass is 9.99. The number of hydrogen-bond donors (Lipinski definition) is 1. The minimum absolute atomic E-state index is 0.137. The molecule has 2 aromatic rings. The fraction of sp³-hybridized carbons (Fsp3) is 0.538. The Morgan fingerprint density at radius 3 is 3.19 bits per heavy atom. The summed E-state index contributed by atoms with van der Waals surface area (Å²) in [4.78, 5) is 18.2. The number of rotatable bonds is 3. The van der Waals surface area contributed by atoms with E-state index in [1.54, 1.807) is 4.90 Å². The van der Waals surface area contributed by atoms with Gasteiger partial charge in [0.25, 0.3) is 0 Å². The van der Waals surface area contributed by atoms with Crippen LogP contribution in [-0.2, 0) is 13.0 Å². The number of carbonyl (C=O) groups excluding carboxylic acids is 1. The average molecular weight is 306 g/mol. The number of aryl methyl sites for hydroxylation is 2. The van der Waals surface area contributed by atoms with Crippen LogP contribution < -0.4 is 5.32 Å². The third kappa shape index (κ3) is 3.21. The summed E-state index contributed by atoms with van der Waals surface area (Å²) in [6.07, 6.45) is 5.88. The Labute approximate surface area is 127 Å². The van der Waals surface area contributed by atoms with Crippen molar-refractivity contribution < 1.29 is 4.79 Å². The van der Waals surface area contributed by atoms with Crippen LogP contribution in [0.25, 0.3) is 0 Å². The topological polar surface area (TPSA) is 75.9 Å². The number of nitrogens with zero attached hydrogens (tertiary/aromatic N) is 5. The molecule has 21 heavy (non-hydrogen) atoms. The molecule has 0 aliphatic carbocycles. The van der Waals surface area contributed by atoms with Crippen molar-refractivity contribution in [1.82, 2.24) is 24.6 Å². The SMILES string of the molecule is Cc1nnc(NC(=O)N(C)C[C@@H]2CCc3nccn3C2)s1. The molecule has 7 nitrogen and oxygen atoms in total.